The number of rotatable bonds is 4. The fourth-order valence-corrected chi connectivity index (χ4v) is 6.04. The van der Waals surface area contributed by atoms with Crippen molar-refractivity contribution in [3.8, 4) is 11.5 Å². The Kier molecular flexibility index (Phi) is 5.33. The second-order valence-corrected chi connectivity index (χ2v) is 10.2. The van der Waals surface area contributed by atoms with Crippen LogP contribution in [-0.2, 0) is 16.2 Å². The number of halogens is 3. The molecule has 2 N–H and O–H groups in total. The minimum absolute atomic E-state index is 0.0113. The average Bonchev–Trinajstić information content (AvgIpc) is 3.19. The van der Waals surface area contributed by atoms with Gasteiger partial charge in [-0.05, 0) is 60.8 Å². The molecule has 0 aliphatic rings. The maximum absolute atomic E-state index is 14.0. The van der Waals surface area contributed by atoms with Crippen LogP contribution in [-0.4, -0.2) is 26.6 Å². The van der Waals surface area contributed by atoms with Crippen LogP contribution in [0.25, 0.3) is 32.6 Å². The van der Waals surface area contributed by atoms with Crippen LogP contribution in [0.5, 0.6) is 11.5 Å². The minimum atomic E-state index is -4.62. The van der Waals surface area contributed by atoms with Crippen molar-refractivity contribution in [2.24, 2.45) is 0 Å². The molecule has 186 valence electrons. The standard InChI is InChI=1S/C26H21F3N2O4S/c1-14-4-7-17(8-5-14)36(32,33)31-21-9-6-16(26(27,28)29)12-19(21)24-20(30)10-15-11-22(34-2)23(35-3)13-18(15)25(24)31/h4-13H,30H2,1-3H3. The third-order valence-corrected chi connectivity index (χ3v) is 7.95. The van der Waals surface area contributed by atoms with E-state index in [0.29, 0.717) is 22.3 Å². The number of hydrogen-bond donors (Lipinski definition) is 1. The van der Waals surface area contributed by atoms with Crippen LogP contribution >= 0.6 is 0 Å². The van der Waals surface area contributed by atoms with Crippen molar-refractivity contribution >= 4 is 48.3 Å². The van der Waals surface area contributed by atoms with Crippen molar-refractivity contribution in [2.45, 2.75) is 18.0 Å². The van der Waals surface area contributed by atoms with Crippen molar-refractivity contribution < 1.29 is 31.1 Å². The van der Waals surface area contributed by atoms with Gasteiger partial charge in [0.05, 0.1) is 35.7 Å². The smallest absolute Gasteiger partial charge is 0.416 e. The number of alkyl halides is 3. The van der Waals surface area contributed by atoms with Crippen molar-refractivity contribution in [3.05, 3.63) is 71.8 Å². The largest absolute Gasteiger partial charge is 0.493 e. The third-order valence-electron chi connectivity index (χ3n) is 6.22. The number of aryl methyl sites for hydroxylation is 1. The van der Waals surface area contributed by atoms with Crippen molar-refractivity contribution in [2.75, 3.05) is 20.0 Å². The topological polar surface area (TPSA) is 83.5 Å². The summed E-state index contributed by atoms with van der Waals surface area (Å²) < 4.78 is 80.7. The van der Waals surface area contributed by atoms with Crippen LogP contribution in [0, 0.1) is 6.92 Å². The number of nitrogen functional groups attached to an aromatic ring is 1. The quantitative estimate of drug-likeness (QED) is 0.293. The van der Waals surface area contributed by atoms with Crippen LogP contribution in [0.2, 0.25) is 0 Å². The molecule has 36 heavy (non-hydrogen) atoms. The maximum atomic E-state index is 14.0. The van der Waals surface area contributed by atoms with E-state index < -0.39 is 21.8 Å². The molecule has 5 rings (SSSR count). The molecule has 6 nitrogen and oxygen atoms in total. The molecule has 0 fully saturated rings. The van der Waals surface area contributed by atoms with E-state index in [4.69, 9.17) is 15.2 Å². The molecule has 10 heteroatoms. The zero-order chi connectivity index (χ0) is 26.0. The summed E-state index contributed by atoms with van der Waals surface area (Å²) in [6.45, 7) is 1.82. The molecule has 0 unspecified atom stereocenters. The van der Waals surface area contributed by atoms with E-state index >= 15 is 0 Å². The lowest BCUT2D eigenvalue weighted by Gasteiger charge is -2.14. The lowest BCUT2D eigenvalue weighted by atomic mass is 10.0. The highest BCUT2D eigenvalue weighted by Gasteiger charge is 2.33. The fourth-order valence-electron chi connectivity index (χ4n) is 4.50. The summed E-state index contributed by atoms with van der Waals surface area (Å²) in [6.07, 6.45) is -4.62. The molecule has 5 aromatic rings. The molecule has 4 aromatic carbocycles. The summed E-state index contributed by atoms with van der Waals surface area (Å²) >= 11 is 0. The Morgan fingerprint density at radius 2 is 1.50 bits per heavy atom. The SMILES string of the molecule is COc1cc2cc(N)c3c4cc(C(F)(F)F)ccc4n(S(=O)(=O)c4ccc(C)cc4)c3c2cc1OC. The van der Waals surface area contributed by atoms with Crippen molar-refractivity contribution in [3.63, 3.8) is 0 Å². The van der Waals surface area contributed by atoms with Gasteiger partial charge in [0.15, 0.2) is 11.5 Å². The number of benzene rings is 4. The Bertz CT molecular complexity index is 1770. The van der Waals surface area contributed by atoms with Gasteiger partial charge in [-0.1, -0.05) is 17.7 Å². The summed E-state index contributed by atoms with van der Waals surface area (Å²) in [5, 5.41) is 1.24. The maximum Gasteiger partial charge on any atom is 0.416 e. The molecule has 0 saturated carbocycles. The first-order chi connectivity index (χ1) is 17.0. The van der Waals surface area contributed by atoms with E-state index in [2.05, 4.69) is 0 Å². The van der Waals surface area contributed by atoms with Gasteiger partial charge in [0.1, 0.15) is 0 Å². The van der Waals surface area contributed by atoms with E-state index in [1.807, 2.05) is 6.92 Å². The van der Waals surface area contributed by atoms with Gasteiger partial charge in [-0.15, -0.1) is 0 Å². The van der Waals surface area contributed by atoms with Gasteiger partial charge in [-0.3, -0.25) is 0 Å². The number of nitrogens with two attached hydrogens (primary N) is 1. The molecule has 0 amide bonds. The first kappa shape index (κ1) is 23.8. The molecule has 0 radical (unpaired) electrons. The van der Waals surface area contributed by atoms with E-state index in [1.165, 1.54) is 26.4 Å². The third kappa shape index (κ3) is 3.51. The van der Waals surface area contributed by atoms with Gasteiger partial charge in [0.25, 0.3) is 10.0 Å². The Labute approximate surface area is 204 Å². The molecule has 1 heterocycles. The highest BCUT2D eigenvalue weighted by atomic mass is 32.2. The minimum Gasteiger partial charge on any atom is -0.493 e. The molecule has 1 aromatic heterocycles. The zero-order valence-electron chi connectivity index (χ0n) is 19.5. The lowest BCUT2D eigenvalue weighted by Crippen LogP contribution is -2.13. The van der Waals surface area contributed by atoms with E-state index in [-0.39, 0.29) is 32.4 Å². The van der Waals surface area contributed by atoms with Gasteiger partial charge in [-0.25, -0.2) is 12.4 Å². The van der Waals surface area contributed by atoms with Gasteiger partial charge in [-0.2, -0.15) is 13.2 Å². The number of nitrogens with zero attached hydrogens (tertiary/aromatic N) is 1. The van der Waals surface area contributed by atoms with Gasteiger partial charge in [0.2, 0.25) is 0 Å². The average molecular weight is 515 g/mol. The Hall–Kier alpha value is -3.92. The monoisotopic (exact) mass is 514 g/mol. The molecule has 0 spiro atoms. The van der Waals surface area contributed by atoms with Crippen LogP contribution in [0.1, 0.15) is 11.1 Å². The first-order valence-corrected chi connectivity index (χ1v) is 12.2. The normalized spacial score (nSPS) is 12.5. The summed E-state index contributed by atoms with van der Waals surface area (Å²) in [7, 11) is -1.35. The zero-order valence-corrected chi connectivity index (χ0v) is 20.3. The molecule has 0 aliphatic carbocycles. The van der Waals surface area contributed by atoms with Gasteiger partial charge < -0.3 is 15.2 Å². The van der Waals surface area contributed by atoms with E-state index in [1.54, 1.807) is 30.3 Å². The molecular formula is C26H21F3N2O4S. The Morgan fingerprint density at radius 3 is 2.11 bits per heavy atom. The van der Waals surface area contributed by atoms with Crippen LogP contribution in [0.15, 0.2) is 65.6 Å². The summed E-state index contributed by atoms with van der Waals surface area (Å²) in [4.78, 5) is -0.0113. The second-order valence-electron chi connectivity index (χ2n) is 8.43. The molecular weight excluding hydrogens is 493 g/mol. The predicted molar refractivity (Wildman–Crippen MR) is 133 cm³/mol. The highest BCUT2D eigenvalue weighted by Crippen LogP contribution is 2.44. The number of hydrogen-bond acceptors (Lipinski definition) is 5. The predicted octanol–water partition coefficient (Wildman–Crippen LogP) is 6.11. The van der Waals surface area contributed by atoms with Gasteiger partial charge >= 0.3 is 6.18 Å². The molecule has 0 saturated heterocycles. The second kappa shape index (κ2) is 8.06. The Balaban J connectivity index is 2.03. The number of fused-ring (bicyclic) bond motifs is 5. The number of methoxy groups -OCH3 is 2. The fraction of sp³-hybridized carbons (Fsp3) is 0.154. The van der Waals surface area contributed by atoms with E-state index in [9.17, 15) is 21.6 Å². The number of ether oxygens (including phenoxy) is 2. The molecule has 0 aliphatic heterocycles. The number of anilines is 1. The highest BCUT2D eigenvalue weighted by molar-refractivity contribution is 7.90. The lowest BCUT2D eigenvalue weighted by molar-refractivity contribution is -0.137. The van der Waals surface area contributed by atoms with Crippen LogP contribution < -0.4 is 15.2 Å². The molecule has 0 atom stereocenters. The summed E-state index contributed by atoms with van der Waals surface area (Å²) in [5.74, 6) is 0.726. The molecule has 0 bridgehead atoms. The summed E-state index contributed by atoms with van der Waals surface area (Å²) in [5.41, 5.74) is 6.67. The van der Waals surface area contributed by atoms with Crippen molar-refractivity contribution in [1.29, 1.82) is 0 Å². The Morgan fingerprint density at radius 1 is 0.861 bits per heavy atom. The number of aromatic nitrogens is 1. The summed E-state index contributed by atoms with van der Waals surface area (Å²) in [6, 6.07) is 14.0. The van der Waals surface area contributed by atoms with Gasteiger partial charge in [0, 0.05) is 21.8 Å². The van der Waals surface area contributed by atoms with Crippen LogP contribution in [0.4, 0.5) is 18.9 Å². The van der Waals surface area contributed by atoms with E-state index in [0.717, 1.165) is 27.7 Å². The first-order valence-electron chi connectivity index (χ1n) is 10.8. The van der Waals surface area contributed by atoms with Crippen LogP contribution in [0.3, 0.4) is 0 Å². The van der Waals surface area contributed by atoms with Crippen molar-refractivity contribution in [1.82, 2.24) is 3.97 Å².